The summed E-state index contributed by atoms with van der Waals surface area (Å²) in [6.45, 7) is 11.2. The van der Waals surface area contributed by atoms with E-state index in [1.54, 1.807) is 0 Å². The highest BCUT2D eigenvalue weighted by Gasteiger charge is 2.13. The highest BCUT2D eigenvalue weighted by atomic mass is 16.5. The number of aryl methyl sites for hydroxylation is 2. The zero-order chi connectivity index (χ0) is 19.2. The SMILES string of the molecule is CCNC(=NCCCOCC1CCOCC1)NCCCCn1ccnc1C. The Hall–Kier alpha value is -1.60. The molecule has 154 valence electrons. The highest BCUT2D eigenvalue weighted by molar-refractivity contribution is 5.79. The van der Waals surface area contributed by atoms with Crippen LogP contribution in [0.25, 0.3) is 0 Å². The Morgan fingerprint density at radius 1 is 1.30 bits per heavy atom. The van der Waals surface area contributed by atoms with E-state index in [-0.39, 0.29) is 0 Å². The van der Waals surface area contributed by atoms with Crippen molar-refractivity contribution in [1.29, 1.82) is 0 Å². The van der Waals surface area contributed by atoms with E-state index < -0.39 is 0 Å². The lowest BCUT2D eigenvalue weighted by molar-refractivity contribution is 0.0205. The van der Waals surface area contributed by atoms with Gasteiger partial charge in [-0.1, -0.05) is 0 Å². The first-order valence-corrected chi connectivity index (χ1v) is 10.4. The lowest BCUT2D eigenvalue weighted by Crippen LogP contribution is -2.38. The molecule has 0 spiro atoms. The van der Waals surface area contributed by atoms with E-state index in [1.807, 2.05) is 19.3 Å². The molecule has 27 heavy (non-hydrogen) atoms. The summed E-state index contributed by atoms with van der Waals surface area (Å²) in [5.74, 6) is 2.66. The predicted octanol–water partition coefficient (Wildman–Crippen LogP) is 2.36. The molecule has 1 aliphatic rings. The first-order chi connectivity index (χ1) is 13.3. The van der Waals surface area contributed by atoms with Gasteiger partial charge in [-0.2, -0.15) is 0 Å². The van der Waals surface area contributed by atoms with Crippen LogP contribution in [0.2, 0.25) is 0 Å². The van der Waals surface area contributed by atoms with E-state index in [0.717, 1.165) is 96.5 Å². The number of hydrogen-bond acceptors (Lipinski definition) is 4. The fourth-order valence-corrected chi connectivity index (χ4v) is 3.12. The number of imidazole rings is 1. The lowest BCUT2D eigenvalue weighted by Gasteiger charge is -2.21. The van der Waals surface area contributed by atoms with E-state index in [2.05, 4.69) is 32.1 Å². The first-order valence-electron chi connectivity index (χ1n) is 10.4. The van der Waals surface area contributed by atoms with Gasteiger partial charge >= 0.3 is 0 Å². The molecule has 1 saturated heterocycles. The second-order valence-electron chi connectivity index (χ2n) is 7.05. The number of nitrogens with zero attached hydrogens (tertiary/aromatic N) is 3. The Labute approximate surface area is 163 Å². The third-order valence-electron chi connectivity index (χ3n) is 4.80. The van der Waals surface area contributed by atoms with Crippen LogP contribution in [-0.2, 0) is 16.0 Å². The summed E-state index contributed by atoms with van der Waals surface area (Å²) in [6, 6.07) is 0. The van der Waals surface area contributed by atoms with E-state index in [0.29, 0.717) is 5.92 Å². The molecule has 7 heteroatoms. The average molecular weight is 380 g/mol. The maximum atomic E-state index is 5.80. The third-order valence-corrected chi connectivity index (χ3v) is 4.80. The zero-order valence-electron chi connectivity index (χ0n) is 17.1. The highest BCUT2D eigenvalue weighted by Crippen LogP contribution is 2.14. The number of ether oxygens (including phenoxy) is 2. The smallest absolute Gasteiger partial charge is 0.191 e. The quantitative estimate of drug-likeness (QED) is 0.331. The minimum absolute atomic E-state index is 0.673. The topological polar surface area (TPSA) is 72.7 Å². The number of aromatic nitrogens is 2. The van der Waals surface area contributed by atoms with Crippen molar-refractivity contribution < 1.29 is 9.47 Å². The average Bonchev–Trinajstić information content (AvgIpc) is 3.09. The number of nitrogens with one attached hydrogen (secondary N) is 2. The number of unbranched alkanes of at least 4 members (excludes halogenated alkanes) is 1. The molecule has 2 heterocycles. The van der Waals surface area contributed by atoms with Gasteiger partial charge in [0.2, 0.25) is 0 Å². The zero-order valence-corrected chi connectivity index (χ0v) is 17.1. The summed E-state index contributed by atoms with van der Waals surface area (Å²) in [5.41, 5.74) is 0. The maximum absolute atomic E-state index is 5.80. The number of aliphatic imine (C=N–C) groups is 1. The largest absolute Gasteiger partial charge is 0.381 e. The minimum Gasteiger partial charge on any atom is -0.381 e. The van der Waals surface area contributed by atoms with Crippen LogP contribution < -0.4 is 10.6 Å². The van der Waals surface area contributed by atoms with Crippen molar-refractivity contribution in [3.63, 3.8) is 0 Å². The van der Waals surface area contributed by atoms with Crippen molar-refractivity contribution in [3.8, 4) is 0 Å². The van der Waals surface area contributed by atoms with Gasteiger partial charge < -0.3 is 24.7 Å². The standard InChI is InChI=1S/C20H37N5O2/c1-3-21-20(23-9-4-5-12-25-13-11-22-18(25)2)24-10-6-14-27-17-19-7-15-26-16-8-19/h11,13,19H,3-10,12,14-17H2,1-2H3,(H2,21,23,24). The van der Waals surface area contributed by atoms with Gasteiger partial charge in [0.1, 0.15) is 5.82 Å². The van der Waals surface area contributed by atoms with Crippen molar-refractivity contribution in [2.24, 2.45) is 10.9 Å². The van der Waals surface area contributed by atoms with Gasteiger partial charge in [-0.05, 0) is 51.9 Å². The Balaban J connectivity index is 1.51. The second-order valence-corrected chi connectivity index (χ2v) is 7.05. The Kier molecular flexibility index (Phi) is 10.9. The number of hydrogen-bond donors (Lipinski definition) is 2. The molecule has 2 N–H and O–H groups in total. The molecule has 0 saturated carbocycles. The van der Waals surface area contributed by atoms with Crippen LogP contribution >= 0.6 is 0 Å². The fourth-order valence-electron chi connectivity index (χ4n) is 3.12. The Morgan fingerprint density at radius 2 is 2.15 bits per heavy atom. The second kappa shape index (κ2) is 13.6. The van der Waals surface area contributed by atoms with Crippen molar-refractivity contribution >= 4 is 5.96 Å². The molecule has 1 aromatic rings. The van der Waals surface area contributed by atoms with Gasteiger partial charge in [-0.3, -0.25) is 4.99 Å². The normalized spacial score (nSPS) is 15.9. The van der Waals surface area contributed by atoms with Crippen molar-refractivity contribution in [3.05, 3.63) is 18.2 Å². The number of rotatable bonds is 12. The van der Waals surface area contributed by atoms with Gasteiger partial charge in [0.05, 0.1) is 0 Å². The monoisotopic (exact) mass is 379 g/mol. The van der Waals surface area contributed by atoms with Crippen LogP contribution in [0, 0.1) is 12.8 Å². The van der Waals surface area contributed by atoms with Gasteiger partial charge in [0.15, 0.2) is 5.96 Å². The summed E-state index contributed by atoms with van der Waals surface area (Å²) in [7, 11) is 0. The molecule has 2 rings (SSSR count). The molecule has 0 aliphatic carbocycles. The van der Waals surface area contributed by atoms with Gasteiger partial charge in [0.25, 0.3) is 0 Å². The molecule has 1 aromatic heterocycles. The molecular formula is C20H37N5O2. The van der Waals surface area contributed by atoms with Gasteiger partial charge in [-0.15, -0.1) is 0 Å². The summed E-state index contributed by atoms with van der Waals surface area (Å²) >= 11 is 0. The van der Waals surface area contributed by atoms with Gasteiger partial charge in [-0.25, -0.2) is 4.98 Å². The summed E-state index contributed by atoms with van der Waals surface area (Å²) in [6.07, 6.45) is 9.36. The Bertz CT molecular complexity index is 526. The molecular weight excluding hydrogens is 342 g/mol. The van der Waals surface area contributed by atoms with Crippen LogP contribution in [0.15, 0.2) is 17.4 Å². The fraction of sp³-hybridized carbons (Fsp3) is 0.800. The molecule has 0 bridgehead atoms. The lowest BCUT2D eigenvalue weighted by atomic mass is 10.0. The molecule has 7 nitrogen and oxygen atoms in total. The van der Waals surface area contributed by atoms with Crippen molar-refractivity contribution in [1.82, 2.24) is 20.2 Å². The minimum atomic E-state index is 0.673. The van der Waals surface area contributed by atoms with Crippen molar-refractivity contribution in [2.45, 2.75) is 52.5 Å². The molecule has 0 unspecified atom stereocenters. The van der Waals surface area contributed by atoms with E-state index in [4.69, 9.17) is 9.47 Å². The molecule has 0 amide bonds. The van der Waals surface area contributed by atoms with E-state index >= 15 is 0 Å². The molecule has 1 aliphatic heterocycles. The molecule has 0 radical (unpaired) electrons. The van der Waals surface area contributed by atoms with Gasteiger partial charge in [0, 0.05) is 65.0 Å². The summed E-state index contributed by atoms with van der Waals surface area (Å²) in [5, 5.41) is 6.73. The first kappa shape index (κ1) is 21.7. The third kappa shape index (κ3) is 9.24. The summed E-state index contributed by atoms with van der Waals surface area (Å²) in [4.78, 5) is 8.89. The molecule has 1 fully saturated rings. The van der Waals surface area contributed by atoms with Crippen LogP contribution in [-0.4, -0.2) is 61.6 Å². The van der Waals surface area contributed by atoms with E-state index in [9.17, 15) is 0 Å². The Morgan fingerprint density at radius 3 is 2.89 bits per heavy atom. The van der Waals surface area contributed by atoms with Crippen LogP contribution in [0.3, 0.4) is 0 Å². The van der Waals surface area contributed by atoms with E-state index in [1.165, 1.54) is 0 Å². The molecule has 0 aromatic carbocycles. The molecule has 0 atom stereocenters. The van der Waals surface area contributed by atoms with Crippen molar-refractivity contribution in [2.75, 3.05) is 46.1 Å². The summed E-state index contributed by atoms with van der Waals surface area (Å²) < 4.78 is 13.4. The van der Waals surface area contributed by atoms with Crippen LogP contribution in [0.5, 0.6) is 0 Å². The predicted molar refractivity (Wildman–Crippen MR) is 109 cm³/mol. The maximum Gasteiger partial charge on any atom is 0.191 e. The van der Waals surface area contributed by atoms with Crippen LogP contribution in [0.4, 0.5) is 0 Å². The number of guanidine groups is 1. The van der Waals surface area contributed by atoms with Crippen LogP contribution in [0.1, 0.15) is 44.9 Å².